The number of likely N-dealkylation sites (N-methyl/N-ethyl adjacent to an activating group) is 1. The van der Waals surface area contributed by atoms with E-state index in [0.29, 0.717) is 6.42 Å². The Balaban J connectivity index is 2.23. The van der Waals surface area contributed by atoms with Gasteiger partial charge in [0.25, 0.3) is 0 Å². The van der Waals surface area contributed by atoms with Crippen LogP contribution >= 0.6 is 0 Å². The van der Waals surface area contributed by atoms with Gasteiger partial charge in [-0.3, -0.25) is 4.79 Å². The number of benzene rings is 1. The Morgan fingerprint density at radius 2 is 2.22 bits per heavy atom. The van der Waals surface area contributed by atoms with E-state index in [-0.39, 0.29) is 12.0 Å². The summed E-state index contributed by atoms with van der Waals surface area (Å²) in [6, 6.07) is 7.78. The second kappa shape index (κ2) is 5.69. The molecule has 0 spiro atoms. The number of nitrogens with one attached hydrogen (secondary N) is 2. The highest BCUT2D eigenvalue weighted by Gasteiger charge is 2.19. The molecule has 1 aromatic carbocycles. The Bertz CT molecular complexity index is 533. The second-order valence-electron chi connectivity index (χ2n) is 4.20. The van der Waals surface area contributed by atoms with Crippen molar-refractivity contribution >= 4 is 16.9 Å². The predicted octanol–water partition coefficient (Wildman–Crippen LogP) is 1.86. The first-order valence-corrected chi connectivity index (χ1v) is 6.12. The van der Waals surface area contributed by atoms with Gasteiger partial charge in [-0.2, -0.15) is 0 Å². The van der Waals surface area contributed by atoms with Crippen molar-refractivity contribution in [3.63, 3.8) is 0 Å². The molecule has 2 N–H and O–H groups in total. The van der Waals surface area contributed by atoms with Crippen molar-refractivity contribution in [3.05, 3.63) is 36.0 Å². The Hall–Kier alpha value is -1.81. The van der Waals surface area contributed by atoms with Crippen LogP contribution in [0, 0.1) is 0 Å². The number of aromatic amines is 1. The van der Waals surface area contributed by atoms with Gasteiger partial charge in [-0.25, -0.2) is 0 Å². The van der Waals surface area contributed by atoms with Gasteiger partial charge in [0.2, 0.25) is 0 Å². The highest BCUT2D eigenvalue weighted by atomic mass is 16.5. The molecular weight excluding hydrogens is 228 g/mol. The molecule has 0 fully saturated rings. The molecule has 0 saturated carbocycles. The van der Waals surface area contributed by atoms with Crippen LogP contribution in [0.25, 0.3) is 10.9 Å². The normalized spacial score (nSPS) is 12.6. The third-order valence-corrected chi connectivity index (χ3v) is 3.04. The number of para-hydroxylation sites is 1. The minimum absolute atomic E-state index is 0.220. The second-order valence-corrected chi connectivity index (χ2v) is 4.20. The first-order valence-electron chi connectivity index (χ1n) is 6.12. The summed E-state index contributed by atoms with van der Waals surface area (Å²) in [5, 5.41) is 4.30. The first kappa shape index (κ1) is 12.6. The highest BCUT2D eigenvalue weighted by molar-refractivity contribution is 5.84. The Labute approximate surface area is 106 Å². The molecule has 0 aliphatic rings. The molecule has 1 aromatic heterocycles. The molecule has 4 heteroatoms. The van der Waals surface area contributed by atoms with E-state index in [1.165, 1.54) is 7.11 Å². The van der Waals surface area contributed by atoms with E-state index in [1.54, 1.807) is 0 Å². The molecule has 0 aliphatic carbocycles. The van der Waals surface area contributed by atoms with E-state index >= 15 is 0 Å². The van der Waals surface area contributed by atoms with E-state index in [2.05, 4.69) is 16.4 Å². The average molecular weight is 246 g/mol. The summed E-state index contributed by atoms with van der Waals surface area (Å²) >= 11 is 0. The highest BCUT2D eigenvalue weighted by Crippen LogP contribution is 2.19. The summed E-state index contributed by atoms with van der Waals surface area (Å²) in [7, 11) is 1.42. The quantitative estimate of drug-likeness (QED) is 0.792. The maximum absolute atomic E-state index is 11.7. The number of carbonyl (C=O) groups is 1. The summed E-state index contributed by atoms with van der Waals surface area (Å²) in [6.07, 6.45) is 2.59. The fraction of sp³-hybridized carbons (Fsp3) is 0.357. The zero-order valence-electron chi connectivity index (χ0n) is 10.7. The Kier molecular flexibility index (Phi) is 3.99. The summed E-state index contributed by atoms with van der Waals surface area (Å²) in [5.41, 5.74) is 2.22. The fourth-order valence-corrected chi connectivity index (χ4v) is 2.15. The van der Waals surface area contributed by atoms with Gasteiger partial charge in [0.15, 0.2) is 0 Å². The van der Waals surface area contributed by atoms with Crippen LogP contribution in [0.1, 0.15) is 12.5 Å². The number of hydrogen-bond donors (Lipinski definition) is 2. The Morgan fingerprint density at radius 1 is 1.44 bits per heavy atom. The number of fused-ring (bicyclic) bond motifs is 1. The van der Waals surface area contributed by atoms with E-state index in [4.69, 9.17) is 4.74 Å². The van der Waals surface area contributed by atoms with Crippen LogP contribution < -0.4 is 5.32 Å². The molecule has 4 nitrogen and oxygen atoms in total. The van der Waals surface area contributed by atoms with Crippen molar-refractivity contribution in [2.24, 2.45) is 0 Å². The van der Waals surface area contributed by atoms with E-state index in [9.17, 15) is 4.79 Å². The molecule has 0 bridgehead atoms. The van der Waals surface area contributed by atoms with Crippen molar-refractivity contribution in [2.75, 3.05) is 13.7 Å². The lowest BCUT2D eigenvalue weighted by atomic mass is 10.1. The third-order valence-electron chi connectivity index (χ3n) is 3.04. The molecule has 2 rings (SSSR count). The Morgan fingerprint density at radius 3 is 2.94 bits per heavy atom. The zero-order valence-corrected chi connectivity index (χ0v) is 10.7. The molecule has 1 heterocycles. The fourth-order valence-electron chi connectivity index (χ4n) is 2.15. The number of carbonyl (C=O) groups excluding carboxylic acids is 1. The molecule has 2 aromatic rings. The largest absolute Gasteiger partial charge is 0.468 e. The minimum Gasteiger partial charge on any atom is -0.468 e. The van der Waals surface area contributed by atoms with Crippen molar-refractivity contribution < 1.29 is 9.53 Å². The number of methoxy groups -OCH3 is 1. The molecular formula is C14H18N2O2. The number of esters is 1. The van der Waals surface area contributed by atoms with Gasteiger partial charge in [0.1, 0.15) is 6.04 Å². The van der Waals surface area contributed by atoms with Crippen LogP contribution in [0.15, 0.2) is 30.5 Å². The number of H-pyrrole nitrogens is 1. The molecule has 0 saturated heterocycles. The number of rotatable bonds is 5. The van der Waals surface area contributed by atoms with Crippen molar-refractivity contribution in [1.82, 2.24) is 10.3 Å². The molecule has 0 aliphatic heterocycles. The van der Waals surface area contributed by atoms with Gasteiger partial charge in [-0.15, -0.1) is 0 Å². The molecule has 1 unspecified atom stereocenters. The van der Waals surface area contributed by atoms with E-state index < -0.39 is 0 Å². The van der Waals surface area contributed by atoms with Gasteiger partial charge >= 0.3 is 5.97 Å². The van der Waals surface area contributed by atoms with Crippen molar-refractivity contribution in [1.29, 1.82) is 0 Å². The van der Waals surface area contributed by atoms with Crippen LogP contribution in [-0.4, -0.2) is 30.6 Å². The predicted molar refractivity (Wildman–Crippen MR) is 71.5 cm³/mol. The van der Waals surface area contributed by atoms with Gasteiger partial charge in [0, 0.05) is 23.5 Å². The maximum atomic E-state index is 11.7. The van der Waals surface area contributed by atoms with Crippen LogP contribution in [0.3, 0.4) is 0 Å². The lowest BCUT2D eigenvalue weighted by molar-refractivity contribution is -0.143. The topological polar surface area (TPSA) is 54.1 Å². The van der Waals surface area contributed by atoms with Gasteiger partial charge < -0.3 is 15.0 Å². The standard InChI is InChI=1S/C14H18N2O2/c1-3-15-13(14(17)18-2)8-10-9-16-12-7-5-4-6-11(10)12/h4-7,9,13,15-16H,3,8H2,1-2H3. The molecule has 0 amide bonds. The monoisotopic (exact) mass is 246 g/mol. The van der Waals surface area contributed by atoms with Crippen molar-refractivity contribution in [3.8, 4) is 0 Å². The van der Waals surface area contributed by atoms with Gasteiger partial charge in [0.05, 0.1) is 7.11 Å². The van der Waals surface area contributed by atoms with E-state index in [1.807, 2.05) is 31.3 Å². The van der Waals surface area contributed by atoms with Crippen molar-refractivity contribution in [2.45, 2.75) is 19.4 Å². The maximum Gasteiger partial charge on any atom is 0.323 e. The smallest absolute Gasteiger partial charge is 0.323 e. The third kappa shape index (κ3) is 2.54. The van der Waals surface area contributed by atoms with Gasteiger partial charge in [-0.1, -0.05) is 25.1 Å². The summed E-state index contributed by atoms with van der Waals surface area (Å²) in [6.45, 7) is 2.72. The average Bonchev–Trinajstić information content (AvgIpc) is 2.81. The van der Waals surface area contributed by atoms with Crippen LogP contribution in [-0.2, 0) is 16.0 Å². The van der Waals surface area contributed by atoms with Crippen LogP contribution in [0.4, 0.5) is 0 Å². The lowest BCUT2D eigenvalue weighted by Crippen LogP contribution is -2.39. The van der Waals surface area contributed by atoms with Crippen LogP contribution in [0.5, 0.6) is 0 Å². The minimum atomic E-state index is -0.292. The zero-order chi connectivity index (χ0) is 13.0. The summed E-state index contributed by atoms with van der Waals surface area (Å²) in [4.78, 5) is 14.9. The number of aromatic nitrogens is 1. The SMILES string of the molecule is CCNC(Cc1c[nH]c2ccccc12)C(=O)OC. The van der Waals surface area contributed by atoms with Gasteiger partial charge in [-0.05, 0) is 18.2 Å². The molecule has 18 heavy (non-hydrogen) atoms. The summed E-state index contributed by atoms with van der Waals surface area (Å²) < 4.78 is 4.81. The first-order chi connectivity index (χ1) is 8.76. The molecule has 0 radical (unpaired) electrons. The number of hydrogen-bond acceptors (Lipinski definition) is 3. The summed E-state index contributed by atoms with van der Waals surface area (Å²) in [5.74, 6) is -0.220. The molecule has 96 valence electrons. The van der Waals surface area contributed by atoms with E-state index in [0.717, 1.165) is 23.0 Å². The van der Waals surface area contributed by atoms with Crippen LogP contribution in [0.2, 0.25) is 0 Å². The lowest BCUT2D eigenvalue weighted by Gasteiger charge is -2.14. The number of ether oxygens (including phenoxy) is 1. The molecule has 1 atom stereocenters.